The van der Waals surface area contributed by atoms with Crippen molar-refractivity contribution in [3.63, 3.8) is 0 Å². The lowest BCUT2D eigenvalue weighted by Crippen LogP contribution is -2.42. The highest BCUT2D eigenvalue weighted by atomic mass is 16.6. The first-order valence-electron chi connectivity index (χ1n) is 12.1. The van der Waals surface area contributed by atoms with Gasteiger partial charge in [0.05, 0.1) is 13.2 Å². The second-order valence-electron chi connectivity index (χ2n) is 8.39. The van der Waals surface area contributed by atoms with Crippen LogP contribution < -0.4 is 0 Å². The topological polar surface area (TPSA) is 79.2 Å². The minimum Gasteiger partial charge on any atom is -0.394 e. The molecule has 1 rings (SSSR count). The molecular formula is C24H46O5. The smallest absolute Gasteiger partial charge is 0.114 e. The van der Waals surface area contributed by atoms with Gasteiger partial charge >= 0.3 is 0 Å². The van der Waals surface area contributed by atoms with E-state index in [-0.39, 0.29) is 13.2 Å². The number of aliphatic hydroxyl groups excluding tert-OH is 3. The molecule has 0 aromatic rings. The molecule has 172 valence electrons. The van der Waals surface area contributed by atoms with Crippen LogP contribution in [0.4, 0.5) is 0 Å². The van der Waals surface area contributed by atoms with Crippen LogP contribution in [0.2, 0.25) is 0 Å². The van der Waals surface area contributed by atoms with E-state index >= 15 is 0 Å². The Balaban J connectivity index is 1.84. The highest BCUT2D eigenvalue weighted by Crippen LogP contribution is 2.20. The van der Waals surface area contributed by atoms with Gasteiger partial charge in [0.1, 0.15) is 24.4 Å². The van der Waals surface area contributed by atoms with Crippen LogP contribution in [-0.2, 0) is 9.47 Å². The SMILES string of the molecule is CCCCCC/C=C/CCCCCCCCCCO[C@@H](CO)[C@@H]1OC[C@@H](O)[C@@H]1O. The summed E-state index contributed by atoms with van der Waals surface area (Å²) in [4.78, 5) is 0. The van der Waals surface area contributed by atoms with Crippen LogP contribution in [0.25, 0.3) is 0 Å². The molecule has 1 aliphatic rings. The predicted octanol–water partition coefficient (Wildman–Crippen LogP) is 4.52. The van der Waals surface area contributed by atoms with Crippen molar-refractivity contribution in [1.29, 1.82) is 0 Å². The van der Waals surface area contributed by atoms with Crippen LogP contribution in [-0.4, -0.2) is 59.6 Å². The van der Waals surface area contributed by atoms with Gasteiger partial charge in [-0.05, 0) is 32.1 Å². The van der Waals surface area contributed by atoms with Gasteiger partial charge in [0, 0.05) is 6.61 Å². The van der Waals surface area contributed by atoms with Crippen LogP contribution in [0, 0.1) is 0 Å². The summed E-state index contributed by atoms with van der Waals surface area (Å²) in [6.45, 7) is 2.70. The molecule has 1 heterocycles. The Morgan fingerprint density at radius 3 is 1.93 bits per heavy atom. The van der Waals surface area contributed by atoms with Crippen molar-refractivity contribution >= 4 is 0 Å². The zero-order valence-corrected chi connectivity index (χ0v) is 18.6. The fraction of sp³-hybridized carbons (Fsp3) is 0.917. The van der Waals surface area contributed by atoms with Crippen molar-refractivity contribution in [1.82, 2.24) is 0 Å². The van der Waals surface area contributed by atoms with Crippen LogP contribution in [0.3, 0.4) is 0 Å². The summed E-state index contributed by atoms with van der Waals surface area (Å²) < 4.78 is 11.0. The van der Waals surface area contributed by atoms with Crippen molar-refractivity contribution in [2.75, 3.05) is 19.8 Å². The minimum atomic E-state index is -0.978. The van der Waals surface area contributed by atoms with Crippen LogP contribution in [0.15, 0.2) is 12.2 Å². The van der Waals surface area contributed by atoms with Crippen LogP contribution in [0.5, 0.6) is 0 Å². The molecule has 0 aliphatic carbocycles. The van der Waals surface area contributed by atoms with E-state index in [4.69, 9.17) is 9.47 Å². The Morgan fingerprint density at radius 2 is 1.41 bits per heavy atom. The van der Waals surface area contributed by atoms with Crippen molar-refractivity contribution < 1.29 is 24.8 Å². The van der Waals surface area contributed by atoms with Gasteiger partial charge in [-0.15, -0.1) is 0 Å². The normalized spacial score (nSPS) is 23.2. The van der Waals surface area contributed by atoms with Crippen molar-refractivity contribution in [2.45, 2.75) is 121 Å². The molecular weight excluding hydrogens is 368 g/mol. The van der Waals surface area contributed by atoms with Gasteiger partial charge in [-0.3, -0.25) is 0 Å². The van der Waals surface area contributed by atoms with Gasteiger partial charge in [0.15, 0.2) is 0 Å². The number of hydrogen-bond acceptors (Lipinski definition) is 5. The highest BCUT2D eigenvalue weighted by Gasteiger charge is 2.40. The number of hydrogen-bond donors (Lipinski definition) is 3. The van der Waals surface area contributed by atoms with Crippen molar-refractivity contribution in [3.05, 3.63) is 12.2 Å². The lowest BCUT2D eigenvalue weighted by Gasteiger charge is -2.24. The fourth-order valence-electron chi connectivity index (χ4n) is 3.79. The van der Waals surface area contributed by atoms with Gasteiger partial charge in [0.2, 0.25) is 0 Å². The summed E-state index contributed by atoms with van der Waals surface area (Å²) in [6, 6.07) is 0. The average molecular weight is 415 g/mol. The third-order valence-electron chi connectivity index (χ3n) is 5.72. The van der Waals surface area contributed by atoms with Crippen LogP contribution in [0.1, 0.15) is 96.8 Å². The van der Waals surface area contributed by atoms with Crippen LogP contribution >= 0.6 is 0 Å². The van der Waals surface area contributed by atoms with E-state index in [1.165, 1.54) is 77.0 Å². The average Bonchev–Trinajstić information content (AvgIpc) is 3.06. The fourth-order valence-corrected chi connectivity index (χ4v) is 3.79. The van der Waals surface area contributed by atoms with E-state index in [1.807, 2.05) is 0 Å². The van der Waals surface area contributed by atoms with Gasteiger partial charge in [-0.1, -0.05) is 76.9 Å². The van der Waals surface area contributed by atoms with Gasteiger partial charge in [-0.25, -0.2) is 0 Å². The van der Waals surface area contributed by atoms with Gasteiger partial charge in [-0.2, -0.15) is 0 Å². The Morgan fingerprint density at radius 1 is 0.862 bits per heavy atom. The Labute approximate surface area is 178 Å². The summed E-state index contributed by atoms with van der Waals surface area (Å²) in [5.74, 6) is 0. The number of aliphatic hydroxyl groups is 3. The van der Waals surface area contributed by atoms with E-state index in [1.54, 1.807) is 0 Å². The van der Waals surface area contributed by atoms with E-state index in [0.717, 1.165) is 12.8 Å². The molecule has 1 fully saturated rings. The van der Waals surface area contributed by atoms with E-state index in [2.05, 4.69) is 19.1 Å². The standard InChI is InChI=1S/C24H46O5/c1-2-3-4-5-6-7-8-9-10-11-12-13-14-15-16-17-18-28-22(19-25)24-23(27)21(26)20-29-24/h7-8,21-27H,2-6,9-20H2,1H3/b8-7+/t21-,22+,23+,24+/m1/s1. The molecule has 4 atom stereocenters. The van der Waals surface area contributed by atoms with Crippen molar-refractivity contribution in [2.24, 2.45) is 0 Å². The van der Waals surface area contributed by atoms with E-state index < -0.39 is 24.4 Å². The third-order valence-corrected chi connectivity index (χ3v) is 5.72. The maximum atomic E-state index is 9.83. The Kier molecular flexibility index (Phi) is 16.8. The molecule has 0 aromatic heterocycles. The zero-order chi connectivity index (χ0) is 21.2. The Hall–Kier alpha value is -0.460. The lowest BCUT2D eigenvalue weighted by atomic mass is 10.1. The molecule has 5 nitrogen and oxygen atoms in total. The molecule has 0 radical (unpaired) electrons. The molecule has 0 amide bonds. The number of rotatable bonds is 19. The second kappa shape index (κ2) is 18.3. The summed E-state index contributed by atoms with van der Waals surface area (Å²) >= 11 is 0. The summed E-state index contributed by atoms with van der Waals surface area (Å²) in [5, 5.41) is 28.8. The molecule has 0 spiro atoms. The monoisotopic (exact) mass is 414 g/mol. The molecule has 3 N–H and O–H groups in total. The molecule has 1 aliphatic heterocycles. The molecule has 0 unspecified atom stereocenters. The van der Waals surface area contributed by atoms with E-state index in [0.29, 0.717) is 6.61 Å². The molecule has 5 heteroatoms. The van der Waals surface area contributed by atoms with Crippen molar-refractivity contribution in [3.8, 4) is 0 Å². The van der Waals surface area contributed by atoms with E-state index in [9.17, 15) is 15.3 Å². The number of allylic oxidation sites excluding steroid dienone is 2. The Bertz CT molecular complexity index is 387. The number of unbranched alkanes of at least 4 members (excludes halogenated alkanes) is 12. The first-order valence-corrected chi connectivity index (χ1v) is 12.1. The van der Waals surface area contributed by atoms with Gasteiger partial charge < -0.3 is 24.8 Å². The maximum Gasteiger partial charge on any atom is 0.114 e. The second-order valence-corrected chi connectivity index (χ2v) is 8.39. The lowest BCUT2D eigenvalue weighted by molar-refractivity contribution is -0.101. The zero-order valence-electron chi connectivity index (χ0n) is 18.6. The maximum absolute atomic E-state index is 9.83. The third kappa shape index (κ3) is 12.7. The summed E-state index contributed by atoms with van der Waals surface area (Å²) in [6.07, 6.45) is 19.4. The first-order chi connectivity index (χ1) is 14.2. The molecule has 0 saturated carbocycles. The molecule has 0 bridgehead atoms. The molecule has 29 heavy (non-hydrogen) atoms. The van der Waals surface area contributed by atoms with Gasteiger partial charge in [0.25, 0.3) is 0 Å². The minimum absolute atomic E-state index is 0.0982. The predicted molar refractivity (Wildman–Crippen MR) is 118 cm³/mol. The summed E-state index contributed by atoms with van der Waals surface area (Å²) in [7, 11) is 0. The first kappa shape index (κ1) is 26.6. The highest BCUT2D eigenvalue weighted by molar-refractivity contribution is 4.88. The quantitative estimate of drug-likeness (QED) is 0.214. The largest absolute Gasteiger partial charge is 0.394 e. The molecule has 1 saturated heterocycles. The summed E-state index contributed by atoms with van der Waals surface area (Å²) in [5.41, 5.74) is 0. The number of ether oxygens (including phenoxy) is 2. The molecule has 0 aromatic carbocycles.